The third-order valence-corrected chi connectivity index (χ3v) is 4.02. The molecule has 0 unspecified atom stereocenters. The van der Waals surface area contributed by atoms with E-state index in [1.54, 1.807) is 0 Å². The zero-order valence-corrected chi connectivity index (χ0v) is 12.7. The second kappa shape index (κ2) is 7.68. The maximum atomic E-state index is 10.6. The van der Waals surface area contributed by atoms with Gasteiger partial charge in [-0.2, -0.15) is 13.2 Å². The van der Waals surface area contributed by atoms with Crippen LogP contribution in [-0.4, -0.2) is 30.4 Å². The number of hydrogen-bond donors (Lipinski definition) is 2. The number of alkyl halides is 3. The summed E-state index contributed by atoms with van der Waals surface area (Å²) in [6.07, 6.45) is 0.156. The fourth-order valence-corrected chi connectivity index (χ4v) is 2.42. The standard InChI is InChI=1S/C14H19NO.C2HF3O2/c1-2-11(3-1)10-16-14-5-4-13-9-15-7-6-12(13)8-14;3-2(4,5)1(6)7/h4-5,8,11,15H,1-3,6-7,9-10H2;(H,6,7). The Hall–Kier alpha value is -1.76. The number of ether oxygens (including phenoxy) is 1. The van der Waals surface area contributed by atoms with E-state index in [0.717, 1.165) is 37.8 Å². The molecule has 7 heteroatoms. The summed E-state index contributed by atoms with van der Waals surface area (Å²) in [6, 6.07) is 6.55. The number of nitrogens with one attached hydrogen (secondary N) is 1. The van der Waals surface area contributed by atoms with Gasteiger partial charge in [0.05, 0.1) is 6.61 Å². The van der Waals surface area contributed by atoms with Crippen molar-refractivity contribution in [2.75, 3.05) is 13.2 Å². The Morgan fingerprint density at radius 2 is 2.00 bits per heavy atom. The molecule has 0 amide bonds. The minimum atomic E-state index is -5.08. The van der Waals surface area contributed by atoms with Crippen LogP contribution in [0.25, 0.3) is 0 Å². The second-order valence-corrected chi connectivity index (χ2v) is 5.77. The van der Waals surface area contributed by atoms with Crippen molar-refractivity contribution in [3.8, 4) is 5.75 Å². The van der Waals surface area contributed by atoms with Gasteiger partial charge in [0.15, 0.2) is 0 Å². The average molecular weight is 331 g/mol. The van der Waals surface area contributed by atoms with Gasteiger partial charge in [-0.1, -0.05) is 12.5 Å². The number of carboxylic acids is 1. The average Bonchev–Trinajstić information content (AvgIpc) is 2.45. The van der Waals surface area contributed by atoms with E-state index in [1.165, 1.54) is 30.4 Å². The lowest BCUT2D eigenvalue weighted by atomic mass is 9.86. The summed E-state index contributed by atoms with van der Waals surface area (Å²) >= 11 is 0. The molecule has 23 heavy (non-hydrogen) atoms. The van der Waals surface area contributed by atoms with Crippen LogP contribution in [-0.2, 0) is 17.8 Å². The van der Waals surface area contributed by atoms with Crippen LogP contribution in [0, 0.1) is 5.92 Å². The molecule has 1 aromatic rings. The van der Waals surface area contributed by atoms with Crippen LogP contribution < -0.4 is 10.1 Å². The third-order valence-electron chi connectivity index (χ3n) is 4.02. The molecule has 2 aliphatic rings. The van der Waals surface area contributed by atoms with Crippen LogP contribution >= 0.6 is 0 Å². The maximum Gasteiger partial charge on any atom is 0.490 e. The maximum absolute atomic E-state index is 10.6. The fourth-order valence-electron chi connectivity index (χ4n) is 2.42. The van der Waals surface area contributed by atoms with Crippen molar-refractivity contribution in [3.05, 3.63) is 29.3 Å². The molecule has 0 saturated heterocycles. The van der Waals surface area contributed by atoms with Crippen LogP contribution in [0.1, 0.15) is 30.4 Å². The summed E-state index contributed by atoms with van der Waals surface area (Å²) in [7, 11) is 0. The molecule has 0 atom stereocenters. The lowest BCUT2D eigenvalue weighted by Crippen LogP contribution is -2.23. The van der Waals surface area contributed by atoms with Crippen molar-refractivity contribution in [2.24, 2.45) is 5.92 Å². The highest BCUT2D eigenvalue weighted by Gasteiger charge is 2.38. The molecule has 0 aromatic heterocycles. The first-order valence-corrected chi connectivity index (χ1v) is 7.61. The monoisotopic (exact) mass is 331 g/mol. The van der Waals surface area contributed by atoms with Crippen LogP contribution in [0.2, 0.25) is 0 Å². The molecule has 1 aliphatic carbocycles. The highest BCUT2D eigenvalue weighted by Crippen LogP contribution is 2.28. The largest absolute Gasteiger partial charge is 0.493 e. The molecule has 1 heterocycles. The first kappa shape index (κ1) is 17.6. The van der Waals surface area contributed by atoms with E-state index in [-0.39, 0.29) is 0 Å². The predicted octanol–water partition coefficient (Wildman–Crippen LogP) is 3.14. The zero-order chi connectivity index (χ0) is 16.9. The van der Waals surface area contributed by atoms with Gasteiger partial charge in [0, 0.05) is 6.54 Å². The molecule has 3 rings (SSSR count). The number of benzene rings is 1. The van der Waals surface area contributed by atoms with E-state index >= 15 is 0 Å². The SMILES string of the molecule is O=C(O)C(F)(F)F.c1cc2c(cc1OCC1CCC1)CCNC2. The lowest BCUT2D eigenvalue weighted by molar-refractivity contribution is -0.192. The summed E-state index contributed by atoms with van der Waals surface area (Å²) in [5.41, 5.74) is 2.90. The minimum absolute atomic E-state index is 0.817. The Labute approximate surface area is 132 Å². The van der Waals surface area contributed by atoms with Crippen molar-refractivity contribution in [3.63, 3.8) is 0 Å². The van der Waals surface area contributed by atoms with E-state index in [9.17, 15) is 13.2 Å². The van der Waals surface area contributed by atoms with Gasteiger partial charge in [-0.05, 0) is 55.0 Å². The zero-order valence-electron chi connectivity index (χ0n) is 12.7. The van der Waals surface area contributed by atoms with Crippen molar-refractivity contribution in [1.82, 2.24) is 5.32 Å². The van der Waals surface area contributed by atoms with Crippen LogP contribution in [0.5, 0.6) is 5.75 Å². The van der Waals surface area contributed by atoms with E-state index in [0.29, 0.717) is 0 Å². The summed E-state index contributed by atoms with van der Waals surface area (Å²) in [4.78, 5) is 8.90. The summed E-state index contributed by atoms with van der Waals surface area (Å²) in [5.74, 6) is -0.877. The van der Waals surface area contributed by atoms with Crippen LogP contribution in [0.15, 0.2) is 18.2 Å². The number of carboxylic acid groups (broad SMARTS) is 1. The summed E-state index contributed by atoms with van der Waals surface area (Å²) in [6.45, 7) is 3.02. The Kier molecular flexibility index (Phi) is 5.87. The molecular formula is C16H20F3NO3. The third kappa shape index (κ3) is 5.42. The highest BCUT2D eigenvalue weighted by atomic mass is 19.4. The number of fused-ring (bicyclic) bond motifs is 1. The first-order chi connectivity index (χ1) is 10.9. The van der Waals surface area contributed by atoms with Crippen molar-refractivity contribution in [2.45, 2.75) is 38.4 Å². The molecule has 128 valence electrons. The molecule has 1 saturated carbocycles. The minimum Gasteiger partial charge on any atom is -0.493 e. The highest BCUT2D eigenvalue weighted by molar-refractivity contribution is 5.73. The van der Waals surface area contributed by atoms with Crippen molar-refractivity contribution < 1.29 is 27.8 Å². The Balaban J connectivity index is 0.000000236. The molecule has 1 aliphatic heterocycles. The van der Waals surface area contributed by atoms with Gasteiger partial charge in [0.1, 0.15) is 5.75 Å². The molecule has 4 nitrogen and oxygen atoms in total. The molecule has 0 radical (unpaired) electrons. The summed E-state index contributed by atoms with van der Waals surface area (Å²) in [5, 5.41) is 10.5. The van der Waals surface area contributed by atoms with Gasteiger partial charge in [-0.3, -0.25) is 0 Å². The molecular weight excluding hydrogens is 311 g/mol. The van der Waals surface area contributed by atoms with Gasteiger partial charge < -0.3 is 15.2 Å². The molecule has 0 spiro atoms. The first-order valence-electron chi connectivity index (χ1n) is 7.61. The predicted molar refractivity (Wildman–Crippen MR) is 78.4 cm³/mol. The fraction of sp³-hybridized carbons (Fsp3) is 0.562. The summed E-state index contributed by atoms with van der Waals surface area (Å²) < 4.78 is 37.6. The number of hydrogen-bond acceptors (Lipinski definition) is 3. The smallest absolute Gasteiger partial charge is 0.490 e. The van der Waals surface area contributed by atoms with E-state index in [4.69, 9.17) is 14.6 Å². The molecule has 0 bridgehead atoms. The van der Waals surface area contributed by atoms with Gasteiger partial charge in [0.2, 0.25) is 0 Å². The van der Waals surface area contributed by atoms with Crippen molar-refractivity contribution >= 4 is 5.97 Å². The van der Waals surface area contributed by atoms with Gasteiger partial charge in [0.25, 0.3) is 0 Å². The normalized spacial score (nSPS) is 17.3. The molecule has 2 N–H and O–H groups in total. The number of aliphatic carboxylic acids is 1. The van der Waals surface area contributed by atoms with E-state index in [2.05, 4.69) is 23.5 Å². The van der Waals surface area contributed by atoms with Crippen molar-refractivity contribution in [1.29, 1.82) is 0 Å². The van der Waals surface area contributed by atoms with Gasteiger partial charge in [-0.15, -0.1) is 0 Å². The molecule has 1 fully saturated rings. The number of carbonyl (C=O) groups is 1. The Morgan fingerprint density at radius 1 is 1.30 bits per heavy atom. The Bertz CT molecular complexity index is 542. The quantitative estimate of drug-likeness (QED) is 0.893. The van der Waals surface area contributed by atoms with Gasteiger partial charge >= 0.3 is 12.1 Å². The van der Waals surface area contributed by atoms with E-state index < -0.39 is 12.1 Å². The van der Waals surface area contributed by atoms with Gasteiger partial charge in [-0.25, -0.2) is 4.79 Å². The molecule has 1 aromatic carbocycles. The number of halogens is 3. The topological polar surface area (TPSA) is 58.6 Å². The lowest BCUT2D eigenvalue weighted by Gasteiger charge is -2.25. The number of rotatable bonds is 3. The van der Waals surface area contributed by atoms with E-state index in [1.807, 2.05) is 0 Å². The second-order valence-electron chi connectivity index (χ2n) is 5.77. The Morgan fingerprint density at radius 3 is 2.57 bits per heavy atom. The van der Waals surface area contributed by atoms with Crippen LogP contribution in [0.3, 0.4) is 0 Å². The van der Waals surface area contributed by atoms with Crippen LogP contribution in [0.4, 0.5) is 13.2 Å².